The van der Waals surface area contributed by atoms with E-state index in [1.807, 2.05) is 11.6 Å². The molecule has 110 valence electrons. The van der Waals surface area contributed by atoms with E-state index in [0.29, 0.717) is 5.56 Å². The summed E-state index contributed by atoms with van der Waals surface area (Å²) in [6, 6.07) is 1.61. The lowest BCUT2D eigenvalue weighted by Crippen LogP contribution is -2.43. The smallest absolute Gasteiger partial charge is 0.333 e. The molecule has 1 aliphatic carbocycles. The van der Waals surface area contributed by atoms with Gasteiger partial charge in [0.05, 0.1) is 12.1 Å². The van der Waals surface area contributed by atoms with Crippen LogP contribution in [0.5, 0.6) is 0 Å². The highest BCUT2D eigenvalue weighted by Gasteiger charge is 2.38. The van der Waals surface area contributed by atoms with Crippen LogP contribution in [0.15, 0.2) is 18.5 Å². The SMILES string of the molecule is CC1(NC(=O)c2cc[n+](CCNS(=O)(=O)O)nc2)CC1. The third kappa shape index (κ3) is 4.51. The van der Waals surface area contributed by atoms with Gasteiger partial charge in [0.2, 0.25) is 0 Å². The summed E-state index contributed by atoms with van der Waals surface area (Å²) in [5.74, 6) is -0.166. The molecule has 0 atom stereocenters. The zero-order valence-corrected chi connectivity index (χ0v) is 11.9. The monoisotopic (exact) mass is 301 g/mol. The molecule has 1 aromatic rings. The summed E-state index contributed by atoms with van der Waals surface area (Å²) in [7, 11) is -4.18. The lowest BCUT2D eigenvalue weighted by Gasteiger charge is -2.10. The number of carbonyl (C=O) groups excluding carboxylic acids is 1. The molecule has 0 bridgehead atoms. The predicted molar refractivity (Wildman–Crippen MR) is 69.1 cm³/mol. The highest BCUT2D eigenvalue weighted by molar-refractivity contribution is 7.83. The van der Waals surface area contributed by atoms with E-state index in [1.165, 1.54) is 10.9 Å². The molecule has 0 unspecified atom stereocenters. The summed E-state index contributed by atoms with van der Waals surface area (Å²) >= 11 is 0. The van der Waals surface area contributed by atoms with Crippen molar-refractivity contribution in [2.24, 2.45) is 0 Å². The molecule has 20 heavy (non-hydrogen) atoms. The second-order valence-electron chi connectivity index (χ2n) is 5.06. The summed E-state index contributed by atoms with van der Waals surface area (Å²) in [5.41, 5.74) is 0.375. The normalized spacial score (nSPS) is 16.7. The molecular weight excluding hydrogens is 284 g/mol. The average molecular weight is 301 g/mol. The summed E-state index contributed by atoms with van der Waals surface area (Å²) in [6.45, 7) is 2.25. The molecule has 9 heteroatoms. The van der Waals surface area contributed by atoms with Gasteiger partial charge in [0.15, 0.2) is 12.7 Å². The van der Waals surface area contributed by atoms with Crippen molar-refractivity contribution in [3.05, 3.63) is 24.0 Å². The third-order valence-corrected chi connectivity index (χ3v) is 3.64. The first-order valence-electron chi connectivity index (χ1n) is 6.18. The molecule has 0 saturated heterocycles. The van der Waals surface area contributed by atoms with E-state index >= 15 is 0 Å². The van der Waals surface area contributed by atoms with Gasteiger partial charge in [-0.1, -0.05) is 4.68 Å². The number of aromatic nitrogens is 2. The minimum Gasteiger partial charge on any atom is -0.347 e. The molecule has 1 fully saturated rings. The Balaban J connectivity index is 1.87. The lowest BCUT2D eigenvalue weighted by molar-refractivity contribution is -0.752. The van der Waals surface area contributed by atoms with Gasteiger partial charge < -0.3 is 5.32 Å². The van der Waals surface area contributed by atoms with Gasteiger partial charge in [-0.15, -0.1) is 0 Å². The van der Waals surface area contributed by atoms with Crippen LogP contribution in [0.4, 0.5) is 0 Å². The summed E-state index contributed by atoms with van der Waals surface area (Å²) in [6.07, 6.45) is 4.98. The van der Waals surface area contributed by atoms with Crippen LogP contribution in [0.1, 0.15) is 30.1 Å². The van der Waals surface area contributed by atoms with Gasteiger partial charge >= 0.3 is 10.3 Å². The van der Waals surface area contributed by atoms with Gasteiger partial charge in [0.1, 0.15) is 6.20 Å². The fourth-order valence-corrected chi connectivity index (χ4v) is 1.95. The van der Waals surface area contributed by atoms with Gasteiger partial charge in [-0.2, -0.15) is 13.1 Å². The molecule has 3 N–H and O–H groups in total. The Morgan fingerprint density at radius 3 is 2.75 bits per heavy atom. The maximum atomic E-state index is 11.9. The number of carbonyl (C=O) groups is 1. The molecule has 1 saturated carbocycles. The lowest BCUT2D eigenvalue weighted by atomic mass is 10.2. The predicted octanol–water partition coefficient (Wildman–Crippen LogP) is -0.956. The molecule has 2 rings (SSSR count). The average Bonchev–Trinajstić information content (AvgIpc) is 3.06. The minimum absolute atomic E-state index is 0.0140. The fourth-order valence-electron chi connectivity index (χ4n) is 1.60. The highest BCUT2D eigenvalue weighted by atomic mass is 32.2. The van der Waals surface area contributed by atoms with Crippen molar-refractivity contribution in [2.75, 3.05) is 6.54 Å². The van der Waals surface area contributed by atoms with E-state index in [4.69, 9.17) is 4.55 Å². The zero-order valence-electron chi connectivity index (χ0n) is 11.0. The Morgan fingerprint density at radius 2 is 2.25 bits per heavy atom. The molecule has 1 aromatic heterocycles. The second kappa shape index (κ2) is 5.43. The van der Waals surface area contributed by atoms with E-state index in [0.717, 1.165) is 12.8 Å². The number of nitrogens with one attached hydrogen (secondary N) is 2. The van der Waals surface area contributed by atoms with Crippen LogP contribution in [0.3, 0.4) is 0 Å². The Morgan fingerprint density at radius 1 is 1.55 bits per heavy atom. The van der Waals surface area contributed by atoms with Gasteiger partial charge in [-0.3, -0.25) is 9.35 Å². The molecular formula is C11H17N4O4S+. The molecule has 1 aliphatic rings. The van der Waals surface area contributed by atoms with Crippen LogP contribution in [0, 0.1) is 0 Å². The summed E-state index contributed by atoms with van der Waals surface area (Å²) in [4.78, 5) is 11.9. The van der Waals surface area contributed by atoms with Gasteiger partial charge in [-0.25, -0.2) is 0 Å². The summed E-state index contributed by atoms with van der Waals surface area (Å²) in [5, 5.41) is 6.93. The number of hydrogen-bond acceptors (Lipinski definition) is 4. The molecule has 1 heterocycles. The molecule has 0 radical (unpaired) electrons. The Bertz CT molecular complexity index is 595. The van der Waals surface area contributed by atoms with Crippen molar-refractivity contribution in [3.63, 3.8) is 0 Å². The number of nitrogens with zero attached hydrogens (tertiary/aromatic N) is 2. The van der Waals surface area contributed by atoms with E-state index in [1.54, 1.807) is 12.3 Å². The van der Waals surface area contributed by atoms with Crippen molar-refractivity contribution in [2.45, 2.75) is 31.8 Å². The van der Waals surface area contributed by atoms with Crippen molar-refractivity contribution >= 4 is 16.2 Å². The van der Waals surface area contributed by atoms with E-state index in [9.17, 15) is 13.2 Å². The van der Waals surface area contributed by atoms with Crippen LogP contribution >= 0.6 is 0 Å². The Kier molecular flexibility index (Phi) is 4.02. The maximum Gasteiger partial charge on any atom is 0.333 e. The first-order valence-corrected chi connectivity index (χ1v) is 7.62. The quantitative estimate of drug-likeness (QED) is 0.463. The topological polar surface area (TPSA) is 112 Å². The number of hydrogen-bond donors (Lipinski definition) is 3. The van der Waals surface area contributed by atoms with Crippen LogP contribution in [0.2, 0.25) is 0 Å². The molecule has 0 aromatic carbocycles. The van der Waals surface area contributed by atoms with Crippen molar-refractivity contribution < 1.29 is 22.4 Å². The number of amides is 1. The summed E-state index contributed by atoms with van der Waals surface area (Å²) < 4.78 is 32.8. The first-order chi connectivity index (χ1) is 9.27. The van der Waals surface area contributed by atoms with Crippen molar-refractivity contribution in [1.82, 2.24) is 15.1 Å². The molecule has 0 aliphatic heterocycles. The largest absolute Gasteiger partial charge is 0.347 e. The van der Waals surface area contributed by atoms with E-state index in [2.05, 4.69) is 10.4 Å². The fraction of sp³-hybridized carbons (Fsp3) is 0.545. The maximum absolute atomic E-state index is 11.9. The number of rotatable bonds is 6. The standard InChI is InChI=1S/C11H16N4O4S/c1-11(3-4-11)14-10(16)9-2-6-15(12-8-9)7-5-13-20(17,18)19/h2,6,8,13H,3-5,7H2,1H3,(H-,14,16,17,18,19)/p+1. The Labute approximate surface area is 117 Å². The van der Waals surface area contributed by atoms with Gasteiger partial charge in [0.25, 0.3) is 5.91 Å². The Hall–Kier alpha value is -1.58. The van der Waals surface area contributed by atoms with E-state index < -0.39 is 10.3 Å². The molecule has 8 nitrogen and oxygen atoms in total. The zero-order chi connectivity index (χ0) is 14.8. The van der Waals surface area contributed by atoms with Crippen molar-refractivity contribution in [1.29, 1.82) is 0 Å². The first kappa shape index (κ1) is 14.8. The molecule has 0 spiro atoms. The van der Waals surface area contributed by atoms with Crippen LogP contribution in [-0.4, -0.2) is 36.1 Å². The highest BCUT2D eigenvalue weighted by Crippen LogP contribution is 2.34. The van der Waals surface area contributed by atoms with Gasteiger partial charge in [-0.05, 0) is 24.9 Å². The van der Waals surface area contributed by atoms with Crippen LogP contribution in [-0.2, 0) is 16.8 Å². The minimum atomic E-state index is -4.18. The third-order valence-electron chi connectivity index (χ3n) is 3.07. The van der Waals surface area contributed by atoms with Crippen LogP contribution in [0.25, 0.3) is 0 Å². The van der Waals surface area contributed by atoms with Crippen molar-refractivity contribution in [3.8, 4) is 0 Å². The second-order valence-corrected chi connectivity index (χ2v) is 6.30. The van der Waals surface area contributed by atoms with E-state index in [-0.39, 0.29) is 24.5 Å². The van der Waals surface area contributed by atoms with Gasteiger partial charge in [0, 0.05) is 11.6 Å². The molecule has 1 amide bonds. The van der Waals surface area contributed by atoms with Crippen LogP contribution < -0.4 is 14.7 Å².